The SMILES string of the molecule is COCC(C)(C)c1c([C@H]2CCC(C(=O)O)OC2)c2c(F)c3[nH]ncc3cc2n1-c1ccc(F)cc1. The summed E-state index contributed by atoms with van der Waals surface area (Å²) in [5, 5.41) is 17.2. The second kappa shape index (κ2) is 8.73. The molecule has 3 heterocycles. The average Bonchev–Trinajstić information content (AvgIpc) is 3.43. The minimum Gasteiger partial charge on any atom is -0.479 e. The number of carbonyl (C=O) groups is 1. The summed E-state index contributed by atoms with van der Waals surface area (Å²) < 4.78 is 43.2. The van der Waals surface area contributed by atoms with E-state index in [9.17, 15) is 14.3 Å². The van der Waals surface area contributed by atoms with E-state index in [2.05, 4.69) is 10.2 Å². The fourth-order valence-corrected chi connectivity index (χ4v) is 5.36. The number of fused-ring (bicyclic) bond motifs is 2. The zero-order valence-electron chi connectivity index (χ0n) is 19.8. The van der Waals surface area contributed by atoms with Crippen LogP contribution >= 0.6 is 0 Å². The van der Waals surface area contributed by atoms with Crippen LogP contribution in [0.2, 0.25) is 0 Å². The van der Waals surface area contributed by atoms with Gasteiger partial charge in [-0.25, -0.2) is 13.6 Å². The zero-order valence-corrected chi connectivity index (χ0v) is 19.8. The van der Waals surface area contributed by atoms with Crippen LogP contribution in [0.4, 0.5) is 8.78 Å². The first kappa shape index (κ1) is 23.4. The number of nitrogens with zero attached hydrogens (tertiary/aromatic N) is 2. The Labute approximate surface area is 200 Å². The number of aromatic amines is 1. The summed E-state index contributed by atoms with van der Waals surface area (Å²) in [5.74, 6) is -2.04. The molecule has 5 rings (SSSR count). The van der Waals surface area contributed by atoms with Crippen LogP contribution in [0.3, 0.4) is 0 Å². The number of aromatic nitrogens is 3. The standard InChI is InChI=1S/C26H27F2N3O4/c1-26(2,13-34-3)24-20(14-4-9-19(25(32)33)35-12-14)21-18(10-15-11-29-30-23(15)22(21)28)31(24)17-7-5-16(27)6-8-17/h5-8,10-11,14,19H,4,9,12-13H2,1-3H3,(H,29,30)(H,32,33)/t14-,19?/m0/s1. The Balaban J connectivity index is 1.86. The molecule has 0 bridgehead atoms. The fourth-order valence-electron chi connectivity index (χ4n) is 5.36. The Kier molecular flexibility index (Phi) is 5.85. The molecule has 1 saturated heterocycles. The van der Waals surface area contributed by atoms with Crippen molar-refractivity contribution in [3.63, 3.8) is 0 Å². The Morgan fingerprint density at radius 1 is 1.29 bits per heavy atom. The monoisotopic (exact) mass is 483 g/mol. The van der Waals surface area contributed by atoms with Crippen LogP contribution in [0, 0.1) is 11.6 Å². The maximum atomic E-state index is 16.2. The Morgan fingerprint density at radius 2 is 2.03 bits per heavy atom. The van der Waals surface area contributed by atoms with E-state index < -0.39 is 23.3 Å². The van der Waals surface area contributed by atoms with Crippen molar-refractivity contribution < 1.29 is 28.2 Å². The molecule has 1 aliphatic heterocycles. The van der Waals surface area contributed by atoms with Gasteiger partial charge in [0.25, 0.3) is 0 Å². The molecule has 1 fully saturated rings. The number of carboxylic acid groups (broad SMARTS) is 1. The highest BCUT2D eigenvalue weighted by Crippen LogP contribution is 2.45. The van der Waals surface area contributed by atoms with Gasteiger partial charge in [0.15, 0.2) is 11.9 Å². The predicted molar refractivity (Wildman–Crippen MR) is 127 cm³/mol. The lowest BCUT2D eigenvalue weighted by atomic mass is 9.80. The second-order valence-electron chi connectivity index (χ2n) is 9.74. The minimum absolute atomic E-state index is 0.149. The topological polar surface area (TPSA) is 89.4 Å². The first-order valence-electron chi connectivity index (χ1n) is 11.5. The average molecular weight is 484 g/mol. The van der Waals surface area contributed by atoms with Crippen molar-refractivity contribution in [2.45, 2.75) is 44.1 Å². The lowest BCUT2D eigenvalue weighted by Gasteiger charge is -2.32. The summed E-state index contributed by atoms with van der Waals surface area (Å²) >= 11 is 0. The van der Waals surface area contributed by atoms with Gasteiger partial charge in [0, 0.05) is 40.6 Å². The summed E-state index contributed by atoms with van der Waals surface area (Å²) in [5.41, 5.74) is 2.61. The number of benzene rings is 2. The summed E-state index contributed by atoms with van der Waals surface area (Å²) in [7, 11) is 1.61. The van der Waals surface area contributed by atoms with Crippen molar-refractivity contribution in [1.82, 2.24) is 14.8 Å². The number of aliphatic carboxylic acids is 1. The number of ether oxygens (including phenoxy) is 2. The van der Waals surface area contributed by atoms with E-state index in [4.69, 9.17) is 9.47 Å². The second-order valence-corrected chi connectivity index (χ2v) is 9.74. The predicted octanol–water partition coefficient (Wildman–Crippen LogP) is 5.06. The Hall–Kier alpha value is -3.30. The quantitative estimate of drug-likeness (QED) is 0.400. The fraction of sp³-hybridized carbons (Fsp3) is 0.385. The van der Waals surface area contributed by atoms with Gasteiger partial charge < -0.3 is 19.1 Å². The zero-order chi connectivity index (χ0) is 24.9. The molecule has 0 amide bonds. The van der Waals surface area contributed by atoms with Gasteiger partial charge in [-0.3, -0.25) is 5.10 Å². The van der Waals surface area contributed by atoms with Gasteiger partial charge in [-0.1, -0.05) is 13.8 Å². The highest BCUT2D eigenvalue weighted by molar-refractivity contribution is 6.00. The smallest absolute Gasteiger partial charge is 0.332 e. The van der Waals surface area contributed by atoms with Crippen LogP contribution in [0.25, 0.3) is 27.5 Å². The maximum absolute atomic E-state index is 16.2. The van der Waals surface area contributed by atoms with E-state index in [0.29, 0.717) is 46.9 Å². The van der Waals surface area contributed by atoms with E-state index >= 15 is 4.39 Å². The van der Waals surface area contributed by atoms with Crippen LogP contribution in [0.15, 0.2) is 36.5 Å². The molecule has 184 valence electrons. The number of halogens is 2. The van der Waals surface area contributed by atoms with Crippen molar-refractivity contribution in [2.24, 2.45) is 0 Å². The van der Waals surface area contributed by atoms with Gasteiger partial charge in [-0.05, 0) is 48.7 Å². The van der Waals surface area contributed by atoms with E-state index in [1.807, 2.05) is 24.5 Å². The third-order valence-electron chi connectivity index (χ3n) is 6.84. The number of hydrogen-bond acceptors (Lipinski definition) is 4. The molecule has 0 aliphatic carbocycles. The van der Waals surface area contributed by atoms with Gasteiger partial charge in [-0.2, -0.15) is 5.10 Å². The largest absolute Gasteiger partial charge is 0.479 e. The molecular formula is C26H27F2N3O4. The first-order valence-corrected chi connectivity index (χ1v) is 11.5. The molecule has 7 nitrogen and oxygen atoms in total. The lowest BCUT2D eigenvalue weighted by Crippen LogP contribution is -2.33. The number of rotatable bonds is 6. The van der Waals surface area contributed by atoms with Gasteiger partial charge in [0.2, 0.25) is 0 Å². The molecular weight excluding hydrogens is 456 g/mol. The number of H-pyrrole nitrogens is 1. The van der Waals surface area contributed by atoms with Crippen LogP contribution in [0.5, 0.6) is 0 Å². The Morgan fingerprint density at radius 3 is 2.66 bits per heavy atom. The molecule has 1 aliphatic rings. The number of carboxylic acids is 1. The summed E-state index contributed by atoms with van der Waals surface area (Å²) in [6, 6.07) is 7.96. The lowest BCUT2D eigenvalue weighted by molar-refractivity contribution is -0.153. The van der Waals surface area contributed by atoms with E-state index in [-0.39, 0.29) is 18.3 Å². The van der Waals surface area contributed by atoms with Gasteiger partial charge in [0.05, 0.1) is 24.9 Å². The molecule has 2 aromatic heterocycles. The molecule has 4 aromatic rings. The number of methoxy groups -OCH3 is 1. The Bertz CT molecular complexity index is 1400. The molecule has 35 heavy (non-hydrogen) atoms. The van der Waals surface area contributed by atoms with Gasteiger partial charge >= 0.3 is 5.97 Å². The number of hydrogen-bond donors (Lipinski definition) is 2. The molecule has 2 atom stereocenters. The normalized spacial score (nSPS) is 19.0. The molecule has 0 saturated carbocycles. The first-order chi connectivity index (χ1) is 16.7. The number of nitrogens with one attached hydrogen (secondary N) is 1. The summed E-state index contributed by atoms with van der Waals surface area (Å²) in [6.07, 6.45) is 1.54. The summed E-state index contributed by atoms with van der Waals surface area (Å²) in [4.78, 5) is 11.5. The van der Waals surface area contributed by atoms with Crippen molar-refractivity contribution in [3.8, 4) is 5.69 Å². The van der Waals surface area contributed by atoms with E-state index in [1.165, 1.54) is 12.1 Å². The maximum Gasteiger partial charge on any atom is 0.332 e. The van der Waals surface area contributed by atoms with E-state index in [1.54, 1.807) is 25.4 Å². The van der Waals surface area contributed by atoms with Crippen molar-refractivity contribution in [1.29, 1.82) is 0 Å². The van der Waals surface area contributed by atoms with Crippen LogP contribution < -0.4 is 0 Å². The molecule has 2 N–H and O–H groups in total. The molecule has 2 aromatic carbocycles. The van der Waals surface area contributed by atoms with E-state index in [0.717, 1.165) is 11.3 Å². The van der Waals surface area contributed by atoms with Crippen LogP contribution in [0.1, 0.15) is 43.9 Å². The highest BCUT2D eigenvalue weighted by atomic mass is 19.1. The van der Waals surface area contributed by atoms with Gasteiger partial charge in [0.1, 0.15) is 11.3 Å². The molecule has 0 radical (unpaired) electrons. The van der Waals surface area contributed by atoms with Crippen LogP contribution in [-0.2, 0) is 19.7 Å². The third kappa shape index (κ3) is 3.88. The third-order valence-corrected chi connectivity index (χ3v) is 6.84. The van der Waals surface area contributed by atoms with Crippen molar-refractivity contribution >= 4 is 27.8 Å². The molecule has 0 spiro atoms. The minimum atomic E-state index is -0.998. The summed E-state index contributed by atoms with van der Waals surface area (Å²) in [6.45, 7) is 4.53. The molecule has 1 unspecified atom stereocenters. The molecule has 9 heteroatoms. The van der Waals surface area contributed by atoms with Gasteiger partial charge in [-0.15, -0.1) is 0 Å². The van der Waals surface area contributed by atoms with Crippen molar-refractivity contribution in [2.75, 3.05) is 20.3 Å². The van der Waals surface area contributed by atoms with Crippen LogP contribution in [-0.4, -0.2) is 52.3 Å². The van der Waals surface area contributed by atoms with Crippen molar-refractivity contribution in [3.05, 3.63) is 59.4 Å². The highest BCUT2D eigenvalue weighted by Gasteiger charge is 2.38.